The Balaban J connectivity index is 1.91. The molecule has 0 aliphatic heterocycles. The number of nitrogens with zero attached hydrogens (tertiary/aromatic N) is 2. The van der Waals surface area contributed by atoms with Gasteiger partial charge in [-0.2, -0.15) is 0 Å². The highest BCUT2D eigenvalue weighted by Gasteiger charge is 2.23. The van der Waals surface area contributed by atoms with Crippen LogP contribution < -0.4 is 5.73 Å². The molecule has 0 radical (unpaired) electrons. The van der Waals surface area contributed by atoms with E-state index in [0.29, 0.717) is 5.92 Å². The predicted molar refractivity (Wildman–Crippen MR) is 63.1 cm³/mol. The maximum absolute atomic E-state index is 6.07. The Morgan fingerprint density at radius 1 is 1.12 bits per heavy atom. The number of hydrogen-bond donors (Lipinski definition) is 1. The summed E-state index contributed by atoms with van der Waals surface area (Å²) in [6.07, 6.45) is 10.5. The molecular formula is C13H19N3. The Morgan fingerprint density at radius 3 is 2.75 bits per heavy atom. The smallest absolute Gasteiger partial charge is 0.131 e. The lowest BCUT2D eigenvalue weighted by molar-refractivity contribution is 0.545. The van der Waals surface area contributed by atoms with Gasteiger partial charge in [0.05, 0.1) is 0 Å². The fraction of sp³-hybridized carbons (Fsp3) is 0.692. The van der Waals surface area contributed by atoms with Gasteiger partial charge in [0.25, 0.3) is 0 Å². The second-order valence-electron chi connectivity index (χ2n) is 5.11. The first-order valence-electron chi connectivity index (χ1n) is 6.46. The average molecular weight is 217 g/mol. The quantitative estimate of drug-likeness (QED) is 0.786. The van der Waals surface area contributed by atoms with E-state index < -0.39 is 0 Å². The Kier molecular flexibility index (Phi) is 2.64. The minimum atomic E-state index is 0.168. The molecule has 3 rings (SSSR count). The van der Waals surface area contributed by atoms with Crippen molar-refractivity contribution < 1.29 is 0 Å². The van der Waals surface area contributed by atoms with Crippen LogP contribution in [0.5, 0.6) is 0 Å². The normalized spacial score (nSPS) is 25.7. The van der Waals surface area contributed by atoms with Gasteiger partial charge in [-0.05, 0) is 32.1 Å². The lowest BCUT2D eigenvalue weighted by Crippen LogP contribution is -2.20. The summed E-state index contributed by atoms with van der Waals surface area (Å²) in [5.74, 6) is 1.69. The minimum Gasteiger partial charge on any atom is -0.324 e. The molecule has 2 N–H and O–H groups in total. The third-order valence-electron chi connectivity index (χ3n) is 3.97. The van der Waals surface area contributed by atoms with Crippen LogP contribution in [0.3, 0.4) is 0 Å². The van der Waals surface area contributed by atoms with Gasteiger partial charge in [-0.25, -0.2) is 9.97 Å². The standard InChI is InChI=1S/C13H19N3/c14-11-6-3-7-12-10(11)8-15-13(16-12)9-4-1-2-5-9/h8-9,11H,1-7,14H2. The maximum atomic E-state index is 6.07. The summed E-state index contributed by atoms with van der Waals surface area (Å²) in [5.41, 5.74) is 8.48. The second-order valence-corrected chi connectivity index (χ2v) is 5.11. The first-order valence-corrected chi connectivity index (χ1v) is 6.46. The molecule has 16 heavy (non-hydrogen) atoms. The zero-order chi connectivity index (χ0) is 11.0. The van der Waals surface area contributed by atoms with E-state index >= 15 is 0 Å². The van der Waals surface area contributed by atoms with Crippen molar-refractivity contribution >= 4 is 0 Å². The summed E-state index contributed by atoms with van der Waals surface area (Å²) in [6.45, 7) is 0. The highest BCUT2D eigenvalue weighted by Crippen LogP contribution is 2.33. The molecule has 1 aromatic heterocycles. The molecule has 0 bridgehead atoms. The van der Waals surface area contributed by atoms with E-state index in [9.17, 15) is 0 Å². The third kappa shape index (κ3) is 1.73. The van der Waals surface area contributed by atoms with E-state index in [1.807, 2.05) is 6.20 Å². The summed E-state index contributed by atoms with van der Waals surface area (Å²) in [5, 5.41) is 0. The fourth-order valence-electron chi connectivity index (χ4n) is 2.98. The largest absolute Gasteiger partial charge is 0.324 e. The molecule has 1 saturated carbocycles. The molecule has 1 fully saturated rings. The number of hydrogen-bond acceptors (Lipinski definition) is 3. The maximum Gasteiger partial charge on any atom is 0.131 e. The number of nitrogens with two attached hydrogens (primary N) is 1. The molecule has 3 heteroatoms. The Bertz CT molecular complexity index is 383. The van der Waals surface area contributed by atoms with Gasteiger partial charge in [-0.15, -0.1) is 0 Å². The monoisotopic (exact) mass is 217 g/mol. The van der Waals surface area contributed by atoms with Crippen LogP contribution in [-0.2, 0) is 6.42 Å². The molecule has 0 saturated heterocycles. The summed E-state index contributed by atoms with van der Waals surface area (Å²) < 4.78 is 0. The SMILES string of the molecule is NC1CCCc2nc(C3CCCC3)ncc21. The van der Waals surface area contributed by atoms with E-state index in [1.165, 1.54) is 43.4 Å². The second kappa shape index (κ2) is 4.13. The predicted octanol–water partition coefficient (Wildman–Crippen LogP) is 2.47. The minimum absolute atomic E-state index is 0.168. The lowest BCUT2D eigenvalue weighted by Gasteiger charge is -2.21. The Hall–Kier alpha value is -0.960. The highest BCUT2D eigenvalue weighted by atomic mass is 14.9. The molecule has 0 amide bonds. The zero-order valence-corrected chi connectivity index (χ0v) is 9.65. The molecular weight excluding hydrogens is 198 g/mol. The van der Waals surface area contributed by atoms with Gasteiger partial charge in [0, 0.05) is 29.4 Å². The molecule has 1 unspecified atom stereocenters. The van der Waals surface area contributed by atoms with E-state index in [1.54, 1.807) is 0 Å². The number of rotatable bonds is 1. The summed E-state index contributed by atoms with van der Waals surface area (Å²) >= 11 is 0. The van der Waals surface area contributed by atoms with Crippen LogP contribution in [0.4, 0.5) is 0 Å². The molecule has 1 aromatic rings. The molecule has 0 aromatic carbocycles. The van der Waals surface area contributed by atoms with Gasteiger partial charge in [-0.1, -0.05) is 12.8 Å². The van der Waals surface area contributed by atoms with Crippen molar-refractivity contribution in [1.29, 1.82) is 0 Å². The Labute approximate surface area is 96.5 Å². The first-order chi connectivity index (χ1) is 7.84. The van der Waals surface area contributed by atoms with E-state index in [4.69, 9.17) is 10.7 Å². The van der Waals surface area contributed by atoms with Crippen LogP contribution in [0.15, 0.2) is 6.20 Å². The van der Waals surface area contributed by atoms with Gasteiger partial charge in [0.1, 0.15) is 5.82 Å². The van der Waals surface area contributed by atoms with Crippen LogP contribution in [0.1, 0.15) is 67.6 Å². The highest BCUT2D eigenvalue weighted by molar-refractivity contribution is 5.24. The van der Waals surface area contributed by atoms with Crippen LogP contribution in [0.25, 0.3) is 0 Å². The van der Waals surface area contributed by atoms with Gasteiger partial charge < -0.3 is 5.73 Å². The van der Waals surface area contributed by atoms with E-state index in [0.717, 1.165) is 18.7 Å². The van der Waals surface area contributed by atoms with Gasteiger partial charge in [-0.3, -0.25) is 0 Å². The van der Waals surface area contributed by atoms with Crippen molar-refractivity contribution in [1.82, 2.24) is 9.97 Å². The zero-order valence-electron chi connectivity index (χ0n) is 9.65. The topological polar surface area (TPSA) is 51.8 Å². The van der Waals surface area contributed by atoms with E-state index in [-0.39, 0.29) is 6.04 Å². The summed E-state index contributed by atoms with van der Waals surface area (Å²) in [4.78, 5) is 9.29. The van der Waals surface area contributed by atoms with Crippen molar-refractivity contribution in [2.45, 2.75) is 56.9 Å². The van der Waals surface area contributed by atoms with Crippen molar-refractivity contribution in [3.8, 4) is 0 Å². The van der Waals surface area contributed by atoms with Crippen molar-refractivity contribution in [2.24, 2.45) is 5.73 Å². The number of aryl methyl sites for hydroxylation is 1. The van der Waals surface area contributed by atoms with Crippen molar-refractivity contribution in [3.63, 3.8) is 0 Å². The molecule has 1 heterocycles. The molecule has 2 aliphatic rings. The first kappa shape index (κ1) is 10.2. The van der Waals surface area contributed by atoms with Gasteiger partial charge in [0.2, 0.25) is 0 Å². The molecule has 2 aliphatic carbocycles. The summed E-state index contributed by atoms with van der Waals surface area (Å²) in [6, 6.07) is 0.168. The summed E-state index contributed by atoms with van der Waals surface area (Å²) in [7, 11) is 0. The molecule has 0 spiro atoms. The average Bonchev–Trinajstić information content (AvgIpc) is 2.82. The van der Waals surface area contributed by atoms with E-state index in [2.05, 4.69) is 4.98 Å². The van der Waals surface area contributed by atoms with Crippen molar-refractivity contribution in [3.05, 3.63) is 23.3 Å². The van der Waals surface area contributed by atoms with Crippen LogP contribution in [0.2, 0.25) is 0 Å². The molecule has 86 valence electrons. The van der Waals surface area contributed by atoms with Crippen LogP contribution >= 0.6 is 0 Å². The third-order valence-corrected chi connectivity index (χ3v) is 3.97. The van der Waals surface area contributed by atoms with Crippen LogP contribution in [-0.4, -0.2) is 9.97 Å². The van der Waals surface area contributed by atoms with Crippen LogP contribution in [0, 0.1) is 0 Å². The number of fused-ring (bicyclic) bond motifs is 1. The fourth-order valence-corrected chi connectivity index (χ4v) is 2.98. The van der Waals surface area contributed by atoms with Gasteiger partial charge >= 0.3 is 0 Å². The number of aromatic nitrogens is 2. The molecule has 1 atom stereocenters. The molecule has 3 nitrogen and oxygen atoms in total. The Morgan fingerprint density at radius 2 is 1.94 bits per heavy atom. The lowest BCUT2D eigenvalue weighted by atomic mass is 9.93. The van der Waals surface area contributed by atoms with Crippen molar-refractivity contribution in [2.75, 3.05) is 0 Å². The van der Waals surface area contributed by atoms with Gasteiger partial charge in [0.15, 0.2) is 0 Å².